The van der Waals surface area contributed by atoms with Gasteiger partial charge in [0.25, 0.3) is 0 Å². The van der Waals surface area contributed by atoms with Crippen molar-refractivity contribution >= 4 is 11.8 Å². The summed E-state index contributed by atoms with van der Waals surface area (Å²) in [5, 5.41) is 0. The van der Waals surface area contributed by atoms with Gasteiger partial charge in [0, 0.05) is 45.8 Å². The highest BCUT2D eigenvalue weighted by atomic mass is 16.2. The van der Waals surface area contributed by atoms with Gasteiger partial charge in [-0.25, -0.2) is 0 Å². The van der Waals surface area contributed by atoms with Crippen molar-refractivity contribution in [2.75, 3.05) is 85.1 Å². The number of carbonyl (C=O) groups excluding carboxylic acids is 2. The number of amides is 2. The summed E-state index contributed by atoms with van der Waals surface area (Å²) in [6.07, 6.45) is 67.5. The van der Waals surface area contributed by atoms with E-state index in [-0.39, 0.29) is 18.4 Å². The van der Waals surface area contributed by atoms with Gasteiger partial charge in [0.15, 0.2) is 0 Å². The van der Waals surface area contributed by atoms with Gasteiger partial charge in [-0.1, -0.05) is 324 Å². The van der Waals surface area contributed by atoms with Crippen molar-refractivity contribution in [3.05, 3.63) is 0 Å². The predicted molar refractivity (Wildman–Crippen MR) is 342 cm³/mol. The molecule has 0 saturated carbocycles. The lowest BCUT2D eigenvalue weighted by Crippen LogP contribution is -2.53. The molecule has 458 valence electrons. The Bertz CT molecular complexity index is 1140. The first-order valence-electron chi connectivity index (χ1n) is 35.7. The molecule has 1 heterocycles. The predicted octanol–water partition coefficient (Wildman–Crippen LogP) is 20.2. The molecule has 1 saturated heterocycles. The number of rotatable bonds is 62. The van der Waals surface area contributed by atoms with Crippen LogP contribution in [-0.2, 0) is 9.59 Å². The lowest BCUT2D eigenvalue weighted by Gasteiger charge is -2.37. The fraction of sp³-hybridized carbons (Fsp3) is 0.971. The molecule has 0 unspecified atom stereocenters. The summed E-state index contributed by atoms with van der Waals surface area (Å²) >= 11 is 0. The van der Waals surface area contributed by atoms with E-state index in [0.717, 1.165) is 71.7 Å². The molecule has 1 aliphatic rings. The van der Waals surface area contributed by atoms with Crippen LogP contribution in [0.5, 0.6) is 0 Å². The van der Waals surface area contributed by atoms with Gasteiger partial charge in [0.1, 0.15) is 0 Å². The van der Waals surface area contributed by atoms with E-state index in [1.165, 1.54) is 321 Å². The maximum Gasteiger partial charge on any atom is 0.242 e. The second kappa shape index (κ2) is 59.4. The number of unbranched alkanes of at least 4 members (excludes halogenated alkanes) is 45. The van der Waals surface area contributed by atoms with E-state index in [1.807, 2.05) is 4.90 Å². The second-order valence-corrected chi connectivity index (χ2v) is 25.1. The number of hydrogen-bond donors (Lipinski definition) is 0. The van der Waals surface area contributed by atoms with Crippen molar-refractivity contribution in [3.8, 4) is 0 Å². The van der Waals surface area contributed by atoms with Crippen LogP contribution < -0.4 is 0 Å². The second-order valence-electron chi connectivity index (χ2n) is 25.1. The van der Waals surface area contributed by atoms with Crippen LogP contribution >= 0.6 is 0 Å². The minimum Gasteiger partial charge on any atom is -0.339 e. The van der Waals surface area contributed by atoms with Gasteiger partial charge in [-0.15, -0.1) is 0 Å². The van der Waals surface area contributed by atoms with Gasteiger partial charge in [-0.05, 0) is 58.3 Å². The molecule has 1 fully saturated rings. The first-order valence-corrected chi connectivity index (χ1v) is 35.7. The van der Waals surface area contributed by atoms with E-state index in [4.69, 9.17) is 0 Å². The zero-order valence-corrected chi connectivity index (χ0v) is 53.6. The standard InChI is InChI=1S/C70H141N5O2/c1-6-11-16-21-26-31-36-41-46-51-56-71(57-52-47-42-37-32-27-22-17-12-7-2)61-62-72-63-65-74(66-64-72)70(77)68-75(60-55-50-45-40-35-30-25-20-15-10-5)69(76)67-73(58-53-48-43-38-33-28-23-18-13-8-3)59-54-49-44-39-34-29-24-19-14-9-4/h6-68H2,1-5H3. The van der Waals surface area contributed by atoms with Crippen molar-refractivity contribution in [1.29, 1.82) is 0 Å². The molecule has 0 aromatic carbocycles. The Morgan fingerprint density at radius 1 is 0.273 bits per heavy atom. The van der Waals surface area contributed by atoms with Crippen LogP contribution in [0.15, 0.2) is 0 Å². The van der Waals surface area contributed by atoms with Crippen LogP contribution in [0.3, 0.4) is 0 Å². The Morgan fingerprint density at radius 2 is 0.519 bits per heavy atom. The highest BCUT2D eigenvalue weighted by Gasteiger charge is 2.26. The summed E-state index contributed by atoms with van der Waals surface area (Å²) in [4.78, 5) is 40.7. The van der Waals surface area contributed by atoms with Gasteiger partial charge in [-0.2, -0.15) is 0 Å². The lowest BCUT2D eigenvalue weighted by molar-refractivity contribution is -0.142. The summed E-state index contributed by atoms with van der Waals surface area (Å²) in [6.45, 7) is 23.2. The summed E-state index contributed by atoms with van der Waals surface area (Å²) in [6, 6.07) is 0. The molecule has 0 aliphatic carbocycles. The molecule has 77 heavy (non-hydrogen) atoms. The van der Waals surface area contributed by atoms with Gasteiger partial charge >= 0.3 is 0 Å². The molecular formula is C70H141N5O2. The van der Waals surface area contributed by atoms with E-state index in [2.05, 4.69) is 54.2 Å². The van der Waals surface area contributed by atoms with E-state index >= 15 is 0 Å². The number of carbonyl (C=O) groups is 2. The molecule has 0 N–H and O–H groups in total. The normalized spacial score (nSPS) is 13.3. The van der Waals surface area contributed by atoms with Gasteiger partial charge in [0.2, 0.25) is 11.8 Å². The summed E-state index contributed by atoms with van der Waals surface area (Å²) in [5.74, 6) is 0.363. The highest BCUT2D eigenvalue weighted by molar-refractivity contribution is 5.85. The Balaban J connectivity index is 2.84. The lowest BCUT2D eigenvalue weighted by atomic mass is 10.1. The maximum absolute atomic E-state index is 14.5. The Morgan fingerprint density at radius 3 is 0.805 bits per heavy atom. The SMILES string of the molecule is CCCCCCCCCCCCN(CCCCCCCCCCCC)CCN1CCN(C(=O)CN(CCCCCCCCCCCC)C(=O)CN(CCCCCCCCCCCC)CCCCCCCCCCCC)CC1. The topological polar surface area (TPSA) is 50.3 Å². The third kappa shape index (κ3) is 49.2. The molecule has 1 aliphatic heterocycles. The monoisotopic (exact) mass is 1080 g/mol. The number of nitrogens with zero attached hydrogens (tertiary/aromatic N) is 5. The molecule has 0 aromatic rings. The Labute approximate surface area is 484 Å². The van der Waals surface area contributed by atoms with Crippen LogP contribution in [-0.4, -0.2) is 121 Å². The number of hydrogen-bond acceptors (Lipinski definition) is 5. The van der Waals surface area contributed by atoms with Crippen LogP contribution in [0.1, 0.15) is 356 Å². The fourth-order valence-corrected chi connectivity index (χ4v) is 12.0. The van der Waals surface area contributed by atoms with E-state index < -0.39 is 0 Å². The molecule has 0 spiro atoms. The molecule has 0 radical (unpaired) electrons. The molecule has 0 bridgehead atoms. The van der Waals surface area contributed by atoms with Gasteiger partial charge in [0.05, 0.1) is 13.1 Å². The van der Waals surface area contributed by atoms with Crippen LogP contribution in [0.25, 0.3) is 0 Å². The maximum atomic E-state index is 14.5. The minimum absolute atomic E-state index is 0.171. The van der Waals surface area contributed by atoms with E-state index in [0.29, 0.717) is 6.54 Å². The van der Waals surface area contributed by atoms with Crippen LogP contribution in [0, 0.1) is 0 Å². The average molecular weight is 1080 g/mol. The molecule has 0 atom stereocenters. The average Bonchev–Trinajstić information content (AvgIpc) is 3.44. The van der Waals surface area contributed by atoms with Crippen molar-refractivity contribution in [2.24, 2.45) is 0 Å². The first kappa shape index (κ1) is 73.8. The Hall–Kier alpha value is -1.18. The summed E-state index contributed by atoms with van der Waals surface area (Å²) in [7, 11) is 0. The quantitative estimate of drug-likeness (QED) is 0.0568. The molecule has 1 rings (SSSR count). The Kier molecular flexibility index (Phi) is 57.0. The molecule has 7 nitrogen and oxygen atoms in total. The van der Waals surface area contributed by atoms with E-state index in [1.54, 1.807) is 0 Å². The number of piperazine rings is 1. The summed E-state index contributed by atoms with van der Waals surface area (Å²) in [5.41, 5.74) is 0. The first-order chi connectivity index (χ1) is 38.0. The zero-order valence-electron chi connectivity index (χ0n) is 53.6. The fourth-order valence-electron chi connectivity index (χ4n) is 12.0. The summed E-state index contributed by atoms with van der Waals surface area (Å²) < 4.78 is 0. The smallest absolute Gasteiger partial charge is 0.242 e. The molecular weight excluding hydrogens is 943 g/mol. The minimum atomic E-state index is 0.171. The molecule has 0 aromatic heterocycles. The third-order valence-electron chi connectivity index (χ3n) is 17.6. The van der Waals surface area contributed by atoms with Gasteiger partial charge in [-0.3, -0.25) is 19.4 Å². The van der Waals surface area contributed by atoms with Crippen LogP contribution in [0.2, 0.25) is 0 Å². The van der Waals surface area contributed by atoms with Crippen molar-refractivity contribution in [2.45, 2.75) is 356 Å². The van der Waals surface area contributed by atoms with Gasteiger partial charge < -0.3 is 14.7 Å². The largest absolute Gasteiger partial charge is 0.339 e. The zero-order chi connectivity index (χ0) is 55.6. The van der Waals surface area contributed by atoms with E-state index in [9.17, 15) is 9.59 Å². The van der Waals surface area contributed by atoms with Crippen molar-refractivity contribution < 1.29 is 9.59 Å². The van der Waals surface area contributed by atoms with Crippen molar-refractivity contribution in [1.82, 2.24) is 24.5 Å². The van der Waals surface area contributed by atoms with Crippen molar-refractivity contribution in [3.63, 3.8) is 0 Å². The third-order valence-corrected chi connectivity index (χ3v) is 17.6. The van der Waals surface area contributed by atoms with Crippen LogP contribution in [0.4, 0.5) is 0 Å². The highest BCUT2D eigenvalue weighted by Crippen LogP contribution is 2.18. The molecule has 2 amide bonds. The molecule has 7 heteroatoms.